The first-order valence-corrected chi connectivity index (χ1v) is 6.91. The number of hydrogen-bond donors (Lipinski definition) is 2. The van der Waals surface area contributed by atoms with Crippen molar-refractivity contribution in [3.8, 4) is 0 Å². The van der Waals surface area contributed by atoms with Crippen molar-refractivity contribution in [1.82, 2.24) is 9.03 Å². The Morgan fingerprint density at radius 2 is 2.20 bits per heavy atom. The number of nitrogens with one attached hydrogen (secondary N) is 1. The highest BCUT2D eigenvalue weighted by Crippen LogP contribution is 2.23. The molecule has 0 aromatic heterocycles. The average molecular weight is 235 g/mol. The zero-order chi connectivity index (χ0) is 11.5. The number of nitrogens with zero attached hydrogens (tertiary/aromatic N) is 1. The molecule has 0 aromatic rings. The molecule has 90 valence electrons. The molecule has 1 saturated heterocycles. The molecule has 0 saturated carbocycles. The highest BCUT2D eigenvalue weighted by atomic mass is 32.2. The van der Waals surface area contributed by atoms with E-state index >= 15 is 0 Å². The number of rotatable bonds is 4. The summed E-state index contributed by atoms with van der Waals surface area (Å²) in [4.78, 5) is 0. The smallest absolute Gasteiger partial charge is 0.279 e. The van der Waals surface area contributed by atoms with E-state index in [2.05, 4.69) is 11.6 Å². The summed E-state index contributed by atoms with van der Waals surface area (Å²) in [5, 5.41) is 0. The summed E-state index contributed by atoms with van der Waals surface area (Å²) >= 11 is 0. The van der Waals surface area contributed by atoms with Gasteiger partial charge in [0.05, 0.1) is 0 Å². The first-order chi connectivity index (χ1) is 7.01. The Balaban J connectivity index is 2.75. The molecule has 1 heterocycles. The van der Waals surface area contributed by atoms with Crippen LogP contribution in [0.2, 0.25) is 0 Å². The summed E-state index contributed by atoms with van der Waals surface area (Å²) in [5.41, 5.74) is 5.61. The molecule has 2 unspecified atom stereocenters. The fraction of sp³-hybridized carbons (Fsp3) is 1.00. The Morgan fingerprint density at radius 3 is 2.73 bits per heavy atom. The molecule has 0 bridgehead atoms. The lowest BCUT2D eigenvalue weighted by molar-refractivity contribution is 0.209. The van der Waals surface area contributed by atoms with Crippen molar-refractivity contribution >= 4 is 10.2 Å². The number of nitrogens with two attached hydrogens (primary N) is 1. The summed E-state index contributed by atoms with van der Waals surface area (Å²) < 4.78 is 27.7. The maximum Gasteiger partial charge on any atom is 0.279 e. The van der Waals surface area contributed by atoms with E-state index in [4.69, 9.17) is 5.73 Å². The molecule has 0 radical (unpaired) electrons. The molecule has 6 heteroatoms. The van der Waals surface area contributed by atoms with Crippen molar-refractivity contribution in [1.29, 1.82) is 0 Å². The Labute approximate surface area is 92.2 Å². The third kappa shape index (κ3) is 3.14. The van der Waals surface area contributed by atoms with Crippen molar-refractivity contribution in [2.75, 3.05) is 19.6 Å². The summed E-state index contributed by atoms with van der Waals surface area (Å²) in [7, 11) is -3.31. The molecule has 0 aliphatic carbocycles. The summed E-state index contributed by atoms with van der Waals surface area (Å²) in [6.45, 7) is 5.32. The van der Waals surface area contributed by atoms with Crippen molar-refractivity contribution in [3.63, 3.8) is 0 Å². The van der Waals surface area contributed by atoms with E-state index < -0.39 is 10.2 Å². The zero-order valence-corrected chi connectivity index (χ0v) is 10.3. The molecule has 2 atom stereocenters. The fourth-order valence-corrected chi connectivity index (χ4v) is 3.47. The molecule has 3 N–H and O–H groups in total. The first-order valence-electron chi connectivity index (χ1n) is 5.47. The van der Waals surface area contributed by atoms with Crippen LogP contribution in [0.1, 0.15) is 26.7 Å². The molecule has 0 spiro atoms. The Bertz CT molecular complexity index is 292. The molecule has 1 aliphatic rings. The maximum atomic E-state index is 11.8. The lowest BCUT2D eigenvalue weighted by Gasteiger charge is -2.36. The zero-order valence-electron chi connectivity index (χ0n) is 9.44. The van der Waals surface area contributed by atoms with Crippen LogP contribution in [0.25, 0.3) is 0 Å². The lowest BCUT2D eigenvalue weighted by Crippen LogP contribution is -2.52. The molecular formula is C9H21N3O2S. The van der Waals surface area contributed by atoms with Gasteiger partial charge in [0.2, 0.25) is 0 Å². The van der Waals surface area contributed by atoms with Crippen molar-refractivity contribution < 1.29 is 8.42 Å². The van der Waals surface area contributed by atoms with Gasteiger partial charge in [0.1, 0.15) is 0 Å². The standard InChI is InChI=1S/C9H21N3O2S/c1-3-11-15(13,14)12-5-4-8(2)6-9(12)7-10/h8-9,11H,3-7,10H2,1-2H3. The van der Waals surface area contributed by atoms with Crippen molar-refractivity contribution in [2.24, 2.45) is 11.7 Å². The Kier molecular flexibility index (Phi) is 4.51. The summed E-state index contributed by atoms with van der Waals surface area (Å²) in [6, 6.07) is -0.0437. The Hall–Kier alpha value is -0.170. The quantitative estimate of drug-likeness (QED) is 0.714. The van der Waals surface area contributed by atoms with Crippen LogP contribution >= 0.6 is 0 Å². The second-order valence-electron chi connectivity index (χ2n) is 4.13. The van der Waals surface area contributed by atoms with Crippen LogP contribution in [0.15, 0.2) is 0 Å². The minimum absolute atomic E-state index is 0.0437. The van der Waals surface area contributed by atoms with Crippen LogP contribution < -0.4 is 10.5 Å². The van der Waals surface area contributed by atoms with E-state index in [0.29, 0.717) is 25.6 Å². The molecular weight excluding hydrogens is 214 g/mol. The van der Waals surface area contributed by atoms with Crippen LogP contribution in [-0.2, 0) is 10.2 Å². The van der Waals surface area contributed by atoms with Gasteiger partial charge in [-0.25, -0.2) is 4.72 Å². The first kappa shape index (κ1) is 12.9. The third-order valence-corrected chi connectivity index (χ3v) is 4.58. The monoisotopic (exact) mass is 235 g/mol. The van der Waals surface area contributed by atoms with Gasteiger partial charge in [-0.3, -0.25) is 0 Å². The number of piperidine rings is 1. The van der Waals surface area contributed by atoms with E-state index in [1.54, 1.807) is 6.92 Å². The average Bonchev–Trinajstić information content (AvgIpc) is 2.17. The highest BCUT2D eigenvalue weighted by molar-refractivity contribution is 7.87. The summed E-state index contributed by atoms with van der Waals surface area (Å²) in [5.74, 6) is 0.562. The highest BCUT2D eigenvalue weighted by Gasteiger charge is 2.33. The van der Waals surface area contributed by atoms with E-state index in [9.17, 15) is 8.42 Å². The SMILES string of the molecule is CCNS(=O)(=O)N1CCC(C)CC1CN. The van der Waals surface area contributed by atoms with Crippen LogP contribution in [0.5, 0.6) is 0 Å². The van der Waals surface area contributed by atoms with Crippen molar-refractivity contribution in [2.45, 2.75) is 32.7 Å². The van der Waals surface area contributed by atoms with E-state index in [-0.39, 0.29) is 6.04 Å². The Morgan fingerprint density at radius 1 is 1.53 bits per heavy atom. The summed E-state index contributed by atoms with van der Waals surface area (Å²) in [6.07, 6.45) is 1.78. The molecule has 5 nitrogen and oxygen atoms in total. The van der Waals surface area contributed by atoms with Gasteiger partial charge in [-0.05, 0) is 18.8 Å². The van der Waals surface area contributed by atoms with Gasteiger partial charge in [-0.15, -0.1) is 0 Å². The van der Waals surface area contributed by atoms with Crippen LogP contribution in [0, 0.1) is 5.92 Å². The van der Waals surface area contributed by atoms with E-state index in [1.807, 2.05) is 0 Å². The van der Waals surface area contributed by atoms with Crippen LogP contribution in [0.4, 0.5) is 0 Å². The van der Waals surface area contributed by atoms with Gasteiger partial charge in [0, 0.05) is 25.7 Å². The van der Waals surface area contributed by atoms with Gasteiger partial charge < -0.3 is 5.73 Å². The van der Waals surface area contributed by atoms with E-state index in [1.165, 1.54) is 4.31 Å². The fourth-order valence-electron chi connectivity index (χ4n) is 2.03. The van der Waals surface area contributed by atoms with Gasteiger partial charge in [0.15, 0.2) is 0 Å². The predicted molar refractivity (Wildman–Crippen MR) is 60.5 cm³/mol. The second kappa shape index (κ2) is 5.25. The molecule has 15 heavy (non-hydrogen) atoms. The molecule has 0 amide bonds. The largest absolute Gasteiger partial charge is 0.329 e. The van der Waals surface area contributed by atoms with Crippen molar-refractivity contribution in [3.05, 3.63) is 0 Å². The number of hydrogen-bond acceptors (Lipinski definition) is 3. The van der Waals surface area contributed by atoms with Gasteiger partial charge in [-0.2, -0.15) is 12.7 Å². The van der Waals surface area contributed by atoms with Gasteiger partial charge >= 0.3 is 0 Å². The predicted octanol–water partition coefficient (Wildman–Crippen LogP) is -0.100. The normalized spacial score (nSPS) is 29.3. The topological polar surface area (TPSA) is 75.4 Å². The van der Waals surface area contributed by atoms with Crippen LogP contribution in [-0.4, -0.2) is 38.4 Å². The van der Waals surface area contributed by atoms with Crippen LogP contribution in [0.3, 0.4) is 0 Å². The van der Waals surface area contributed by atoms with Gasteiger partial charge in [0.25, 0.3) is 10.2 Å². The minimum Gasteiger partial charge on any atom is -0.329 e. The molecule has 1 aliphatic heterocycles. The lowest BCUT2D eigenvalue weighted by atomic mass is 9.94. The molecule has 1 rings (SSSR count). The van der Waals surface area contributed by atoms with Gasteiger partial charge in [-0.1, -0.05) is 13.8 Å². The second-order valence-corrected chi connectivity index (χ2v) is 5.84. The third-order valence-electron chi connectivity index (χ3n) is 2.83. The van der Waals surface area contributed by atoms with E-state index in [0.717, 1.165) is 12.8 Å². The molecule has 1 fully saturated rings. The maximum absolute atomic E-state index is 11.8. The molecule has 0 aromatic carbocycles. The minimum atomic E-state index is -3.31.